The Hall–Kier alpha value is -1.95. The van der Waals surface area contributed by atoms with Gasteiger partial charge in [-0.25, -0.2) is 8.78 Å². The number of amides is 1. The number of hydrogen-bond acceptors (Lipinski definition) is 2. The lowest BCUT2D eigenvalue weighted by molar-refractivity contribution is 0.0992. The molecule has 0 fully saturated rings. The number of nitrogen functional groups attached to an aromatic ring is 1. The number of carbonyl (C=O) groups excluding carboxylic acids is 1. The lowest BCUT2D eigenvalue weighted by atomic mass is 10.1. The molecular formula is C14H11BrF2N2O. The fourth-order valence-corrected chi connectivity index (χ4v) is 2.18. The maximum absolute atomic E-state index is 13.3. The first-order valence-corrected chi connectivity index (χ1v) is 6.47. The SMILES string of the molecule is CN(C(=O)c1cc(N)c(F)cc1Br)c1ccc(F)cc1. The highest BCUT2D eigenvalue weighted by Crippen LogP contribution is 2.25. The summed E-state index contributed by atoms with van der Waals surface area (Å²) in [6, 6.07) is 7.88. The molecule has 0 bridgehead atoms. The Morgan fingerprint density at radius 1 is 1.20 bits per heavy atom. The van der Waals surface area contributed by atoms with Gasteiger partial charge in [-0.05, 0) is 52.3 Å². The lowest BCUT2D eigenvalue weighted by Crippen LogP contribution is -2.26. The van der Waals surface area contributed by atoms with Gasteiger partial charge in [-0.3, -0.25) is 4.79 Å². The summed E-state index contributed by atoms with van der Waals surface area (Å²) in [5, 5.41) is 0. The molecule has 0 aliphatic heterocycles. The van der Waals surface area contributed by atoms with Gasteiger partial charge in [-0.15, -0.1) is 0 Å². The highest BCUT2D eigenvalue weighted by Gasteiger charge is 2.18. The van der Waals surface area contributed by atoms with Crippen molar-refractivity contribution < 1.29 is 13.6 Å². The average Bonchev–Trinajstić information content (AvgIpc) is 2.42. The highest BCUT2D eigenvalue weighted by atomic mass is 79.9. The number of anilines is 2. The van der Waals surface area contributed by atoms with Gasteiger partial charge in [0.15, 0.2) is 0 Å². The molecule has 0 aromatic heterocycles. The van der Waals surface area contributed by atoms with Crippen LogP contribution in [0.3, 0.4) is 0 Å². The van der Waals surface area contributed by atoms with Crippen LogP contribution in [0.5, 0.6) is 0 Å². The molecule has 2 N–H and O–H groups in total. The van der Waals surface area contributed by atoms with E-state index in [2.05, 4.69) is 15.9 Å². The van der Waals surface area contributed by atoms with Crippen LogP contribution in [0.1, 0.15) is 10.4 Å². The van der Waals surface area contributed by atoms with Gasteiger partial charge in [-0.1, -0.05) is 0 Å². The Labute approximate surface area is 123 Å². The zero-order chi connectivity index (χ0) is 14.9. The van der Waals surface area contributed by atoms with Crippen molar-refractivity contribution in [1.29, 1.82) is 0 Å². The van der Waals surface area contributed by atoms with Crippen LogP contribution >= 0.6 is 15.9 Å². The van der Waals surface area contributed by atoms with E-state index in [0.717, 1.165) is 6.07 Å². The van der Waals surface area contributed by atoms with Crippen molar-refractivity contribution in [2.24, 2.45) is 0 Å². The number of hydrogen-bond donors (Lipinski definition) is 1. The van der Waals surface area contributed by atoms with Gasteiger partial charge in [0.1, 0.15) is 11.6 Å². The van der Waals surface area contributed by atoms with Crippen molar-refractivity contribution in [3.8, 4) is 0 Å². The quantitative estimate of drug-likeness (QED) is 0.849. The molecule has 6 heteroatoms. The zero-order valence-electron chi connectivity index (χ0n) is 10.5. The molecule has 2 rings (SSSR count). The van der Waals surface area contributed by atoms with E-state index in [1.807, 2.05) is 0 Å². The minimum atomic E-state index is -0.599. The Balaban J connectivity index is 2.36. The topological polar surface area (TPSA) is 46.3 Å². The maximum atomic E-state index is 13.3. The van der Waals surface area contributed by atoms with Crippen LogP contribution in [-0.2, 0) is 0 Å². The lowest BCUT2D eigenvalue weighted by Gasteiger charge is -2.18. The Kier molecular flexibility index (Phi) is 4.04. The minimum Gasteiger partial charge on any atom is -0.396 e. The van der Waals surface area contributed by atoms with Gasteiger partial charge in [0.25, 0.3) is 5.91 Å². The summed E-state index contributed by atoms with van der Waals surface area (Å²) in [4.78, 5) is 13.7. The van der Waals surface area contributed by atoms with E-state index in [0.29, 0.717) is 10.2 Å². The zero-order valence-corrected chi connectivity index (χ0v) is 12.1. The molecule has 0 aliphatic carbocycles. The largest absolute Gasteiger partial charge is 0.396 e. The van der Waals surface area contributed by atoms with Gasteiger partial charge in [0.2, 0.25) is 0 Å². The third kappa shape index (κ3) is 2.80. The van der Waals surface area contributed by atoms with Gasteiger partial charge < -0.3 is 10.6 Å². The molecule has 0 atom stereocenters. The second-order valence-electron chi connectivity index (χ2n) is 4.19. The van der Waals surface area contributed by atoms with Crippen molar-refractivity contribution in [3.05, 3.63) is 58.1 Å². The fraction of sp³-hybridized carbons (Fsp3) is 0.0714. The highest BCUT2D eigenvalue weighted by molar-refractivity contribution is 9.10. The third-order valence-electron chi connectivity index (χ3n) is 2.84. The van der Waals surface area contributed by atoms with Crippen molar-refractivity contribution >= 4 is 33.2 Å². The molecule has 104 valence electrons. The summed E-state index contributed by atoms with van der Waals surface area (Å²) in [5.74, 6) is -1.37. The second kappa shape index (κ2) is 5.58. The monoisotopic (exact) mass is 340 g/mol. The molecule has 0 spiro atoms. The Morgan fingerprint density at radius 3 is 2.40 bits per heavy atom. The van der Waals surface area contributed by atoms with Gasteiger partial charge >= 0.3 is 0 Å². The van der Waals surface area contributed by atoms with Crippen molar-refractivity contribution in [2.45, 2.75) is 0 Å². The van der Waals surface area contributed by atoms with Crippen LogP contribution in [-0.4, -0.2) is 13.0 Å². The normalized spacial score (nSPS) is 10.4. The van der Waals surface area contributed by atoms with E-state index in [9.17, 15) is 13.6 Å². The third-order valence-corrected chi connectivity index (χ3v) is 3.49. The summed E-state index contributed by atoms with van der Waals surface area (Å²) in [6.45, 7) is 0. The minimum absolute atomic E-state index is 0.107. The van der Waals surface area contributed by atoms with E-state index in [4.69, 9.17) is 5.73 Å². The number of rotatable bonds is 2. The molecule has 0 aliphatic rings. The number of halogens is 3. The molecule has 0 radical (unpaired) electrons. The maximum Gasteiger partial charge on any atom is 0.259 e. The molecule has 20 heavy (non-hydrogen) atoms. The van der Waals surface area contributed by atoms with Crippen molar-refractivity contribution in [2.75, 3.05) is 17.7 Å². The molecule has 0 saturated heterocycles. The van der Waals surface area contributed by atoms with E-state index in [-0.39, 0.29) is 23.0 Å². The van der Waals surface area contributed by atoms with Crippen LogP contribution in [0.15, 0.2) is 40.9 Å². The van der Waals surface area contributed by atoms with Gasteiger partial charge in [0, 0.05) is 17.2 Å². The summed E-state index contributed by atoms with van der Waals surface area (Å²) in [5.41, 5.74) is 6.11. The van der Waals surface area contributed by atoms with Crippen LogP contribution < -0.4 is 10.6 Å². The second-order valence-corrected chi connectivity index (χ2v) is 5.05. The Morgan fingerprint density at radius 2 is 1.80 bits per heavy atom. The van der Waals surface area contributed by atoms with Gasteiger partial charge in [0.05, 0.1) is 11.3 Å². The number of carbonyl (C=O) groups is 1. The van der Waals surface area contributed by atoms with E-state index >= 15 is 0 Å². The standard InChI is InChI=1S/C14H11BrF2N2O/c1-19(9-4-2-8(16)3-5-9)14(20)10-6-13(18)12(17)7-11(10)15/h2-7H,18H2,1H3. The average molecular weight is 341 g/mol. The molecule has 0 heterocycles. The molecular weight excluding hydrogens is 330 g/mol. The van der Waals surface area contributed by atoms with Crippen molar-refractivity contribution in [1.82, 2.24) is 0 Å². The number of nitrogens with zero attached hydrogens (tertiary/aromatic N) is 1. The van der Waals surface area contributed by atoms with Crippen LogP contribution in [0, 0.1) is 11.6 Å². The molecule has 2 aromatic carbocycles. The Bertz CT molecular complexity index is 659. The number of nitrogens with two attached hydrogens (primary N) is 1. The molecule has 1 amide bonds. The smallest absolute Gasteiger partial charge is 0.259 e. The fourth-order valence-electron chi connectivity index (χ4n) is 1.69. The summed E-state index contributed by atoms with van der Waals surface area (Å²) in [7, 11) is 1.54. The van der Waals surface area contributed by atoms with Gasteiger partial charge in [-0.2, -0.15) is 0 Å². The van der Waals surface area contributed by atoms with E-state index < -0.39 is 5.82 Å². The van der Waals surface area contributed by atoms with Crippen molar-refractivity contribution in [3.63, 3.8) is 0 Å². The number of benzene rings is 2. The van der Waals surface area contributed by atoms with Crippen LogP contribution in [0.25, 0.3) is 0 Å². The van der Waals surface area contributed by atoms with E-state index in [1.165, 1.54) is 35.2 Å². The van der Waals surface area contributed by atoms with Crippen LogP contribution in [0.4, 0.5) is 20.2 Å². The first-order chi connectivity index (χ1) is 9.40. The molecule has 0 saturated carbocycles. The summed E-state index contributed by atoms with van der Waals surface area (Å²) >= 11 is 3.13. The predicted octanol–water partition coefficient (Wildman–Crippen LogP) is 3.59. The first-order valence-electron chi connectivity index (χ1n) is 5.68. The molecule has 2 aromatic rings. The molecule has 3 nitrogen and oxygen atoms in total. The first kappa shape index (κ1) is 14.5. The molecule has 0 unspecified atom stereocenters. The summed E-state index contributed by atoms with van der Waals surface area (Å²) in [6.07, 6.45) is 0. The van der Waals surface area contributed by atoms with Crippen LogP contribution in [0.2, 0.25) is 0 Å². The van der Waals surface area contributed by atoms with E-state index in [1.54, 1.807) is 7.05 Å². The summed E-state index contributed by atoms with van der Waals surface area (Å²) < 4.78 is 26.4. The predicted molar refractivity (Wildman–Crippen MR) is 77.6 cm³/mol.